The second-order valence-corrected chi connectivity index (χ2v) is 7.01. The van der Waals surface area contributed by atoms with E-state index in [9.17, 15) is 9.00 Å². The van der Waals surface area contributed by atoms with Gasteiger partial charge in [-0.25, -0.2) is 9.48 Å². The number of para-hydroxylation sites is 2. The van der Waals surface area contributed by atoms with Crippen LogP contribution in [-0.2, 0) is 10.8 Å². The van der Waals surface area contributed by atoms with Gasteiger partial charge >= 0.3 is 6.03 Å². The molecule has 0 radical (unpaired) electrons. The average molecular weight is 334 g/mol. The number of carbonyl (C=O) groups is 1. The van der Waals surface area contributed by atoms with Crippen molar-refractivity contribution in [1.29, 1.82) is 0 Å². The fourth-order valence-electron chi connectivity index (χ4n) is 2.24. The molecule has 2 aromatic rings. The van der Waals surface area contributed by atoms with Gasteiger partial charge in [0, 0.05) is 47.8 Å². The summed E-state index contributed by atoms with van der Waals surface area (Å²) < 4.78 is 13.1. The van der Waals surface area contributed by atoms with Crippen LogP contribution < -0.4 is 5.32 Å². The Morgan fingerprint density at radius 1 is 1.39 bits per heavy atom. The molecule has 2 rings (SSSR count). The summed E-state index contributed by atoms with van der Waals surface area (Å²) in [5.74, 6) is 0.448. The van der Waals surface area contributed by atoms with Gasteiger partial charge in [-0.15, -0.1) is 0 Å². The lowest BCUT2D eigenvalue weighted by atomic mass is 10.2. The number of aryl methyl sites for hydroxylation is 1. The molecule has 0 spiro atoms. The van der Waals surface area contributed by atoms with Crippen LogP contribution in [0.4, 0.5) is 10.5 Å². The Hall–Kier alpha value is -2.15. The summed E-state index contributed by atoms with van der Waals surface area (Å²) in [6.45, 7) is 3.83. The topological polar surface area (TPSA) is 67.2 Å². The highest BCUT2D eigenvalue weighted by atomic mass is 32.2. The van der Waals surface area contributed by atoms with E-state index in [1.54, 1.807) is 29.1 Å². The summed E-state index contributed by atoms with van der Waals surface area (Å²) in [6.07, 6.45) is 3.36. The maximum Gasteiger partial charge on any atom is 0.321 e. The lowest BCUT2D eigenvalue weighted by molar-refractivity contribution is 0.212. The van der Waals surface area contributed by atoms with Crippen molar-refractivity contribution in [1.82, 2.24) is 14.7 Å². The molecule has 0 fully saturated rings. The number of carbonyl (C=O) groups excluding carboxylic acids is 1. The molecule has 1 N–H and O–H groups in total. The fourth-order valence-corrected chi connectivity index (χ4v) is 3.14. The molecule has 2 amide bonds. The molecule has 0 bridgehead atoms. The minimum atomic E-state index is -0.947. The number of amides is 2. The first kappa shape index (κ1) is 17.2. The third-order valence-electron chi connectivity index (χ3n) is 3.66. The fraction of sp³-hybridized carbons (Fsp3) is 0.375. The Balaban J connectivity index is 2.19. The molecule has 0 aliphatic carbocycles. The van der Waals surface area contributed by atoms with Gasteiger partial charge < -0.3 is 10.2 Å². The average Bonchev–Trinajstić information content (AvgIpc) is 2.92. The molecule has 0 saturated carbocycles. The Morgan fingerprint density at radius 3 is 2.70 bits per heavy atom. The number of hydrogen-bond acceptors (Lipinski definition) is 3. The molecule has 0 saturated heterocycles. The predicted octanol–water partition coefficient (Wildman–Crippen LogP) is 2.41. The van der Waals surface area contributed by atoms with Gasteiger partial charge in [-0.2, -0.15) is 5.10 Å². The van der Waals surface area contributed by atoms with Gasteiger partial charge in [0.1, 0.15) is 0 Å². The van der Waals surface area contributed by atoms with E-state index in [-0.39, 0.29) is 12.1 Å². The van der Waals surface area contributed by atoms with E-state index in [1.807, 2.05) is 44.2 Å². The van der Waals surface area contributed by atoms with Crippen molar-refractivity contribution in [2.24, 2.45) is 0 Å². The zero-order valence-corrected chi connectivity index (χ0v) is 14.6. The first-order valence-electron chi connectivity index (χ1n) is 7.34. The first-order chi connectivity index (χ1) is 10.9. The maximum atomic E-state index is 12.4. The third-order valence-corrected chi connectivity index (χ3v) is 4.62. The van der Waals surface area contributed by atoms with Crippen LogP contribution in [0.5, 0.6) is 0 Å². The largest absolute Gasteiger partial charge is 0.324 e. The number of aromatic nitrogens is 2. The zero-order valence-electron chi connectivity index (χ0n) is 13.8. The molecule has 1 heterocycles. The van der Waals surface area contributed by atoms with Crippen molar-refractivity contribution < 1.29 is 9.00 Å². The number of rotatable bonds is 5. The highest BCUT2D eigenvalue weighted by molar-refractivity contribution is 7.84. The van der Waals surface area contributed by atoms with Gasteiger partial charge in [0.15, 0.2) is 0 Å². The number of hydrogen-bond donors (Lipinski definition) is 1. The molecule has 0 aliphatic heterocycles. The summed E-state index contributed by atoms with van der Waals surface area (Å²) in [7, 11) is 0.756. The van der Waals surface area contributed by atoms with E-state index < -0.39 is 10.8 Å². The van der Waals surface area contributed by atoms with Crippen molar-refractivity contribution in [3.63, 3.8) is 0 Å². The summed E-state index contributed by atoms with van der Waals surface area (Å²) in [5.41, 5.74) is 2.47. The van der Waals surface area contributed by atoms with E-state index in [2.05, 4.69) is 10.4 Å². The summed E-state index contributed by atoms with van der Waals surface area (Å²) >= 11 is 0. The van der Waals surface area contributed by atoms with Crippen molar-refractivity contribution in [3.05, 3.63) is 42.2 Å². The van der Waals surface area contributed by atoms with Gasteiger partial charge in [-0.1, -0.05) is 12.1 Å². The second kappa shape index (κ2) is 7.41. The van der Waals surface area contributed by atoms with Gasteiger partial charge in [-0.05, 0) is 32.0 Å². The van der Waals surface area contributed by atoms with Crippen LogP contribution in [-0.4, -0.2) is 50.0 Å². The third kappa shape index (κ3) is 4.19. The molecule has 1 aromatic heterocycles. The highest BCUT2D eigenvalue weighted by Crippen LogP contribution is 2.21. The lowest BCUT2D eigenvalue weighted by Gasteiger charge is -2.25. The predicted molar refractivity (Wildman–Crippen MR) is 93.5 cm³/mol. The maximum absolute atomic E-state index is 12.4. The molecule has 124 valence electrons. The standard InChI is InChI=1S/C16H22N4O2S/c1-12-9-10-17-20(12)15-8-6-5-7-14(15)18-16(21)19(3)13(2)11-23(4)22/h5-10,13H,11H2,1-4H3,(H,18,21)/t13-,23-/m1/s1. The Labute approximate surface area is 138 Å². The van der Waals surface area contributed by atoms with Gasteiger partial charge in [-0.3, -0.25) is 4.21 Å². The number of nitrogens with one attached hydrogen (secondary N) is 1. The minimum Gasteiger partial charge on any atom is -0.324 e. The van der Waals surface area contributed by atoms with Crippen LogP contribution in [0.1, 0.15) is 12.6 Å². The molecule has 0 aliphatic rings. The molecular formula is C16H22N4O2S. The van der Waals surface area contributed by atoms with Crippen molar-refractivity contribution in [2.45, 2.75) is 19.9 Å². The van der Waals surface area contributed by atoms with Crippen LogP contribution in [0.3, 0.4) is 0 Å². The normalized spacial score (nSPS) is 13.4. The zero-order chi connectivity index (χ0) is 17.0. The lowest BCUT2D eigenvalue weighted by Crippen LogP contribution is -2.41. The van der Waals surface area contributed by atoms with Gasteiger partial charge in [0.05, 0.1) is 11.4 Å². The molecule has 23 heavy (non-hydrogen) atoms. The van der Waals surface area contributed by atoms with Crippen molar-refractivity contribution in [3.8, 4) is 5.69 Å². The molecular weight excluding hydrogens is 312 g/mol. The van der Waals surface area contributed by atoms with Gasteiger partial charge in [0.2, 0.25) is 0 Å². The van der Waals surface area contributed by atoms with Gasteiger partial charge in [0.25, 0.3) is 0 Å². The number of urea groups is 1. The van der Waals surface area contributed by atoms with Crippen LogP contribution >= 0.6 is 0 Å². The smallest absolute Gasteiger partial charge is 0.321 e. The Kier molecular flexibility index (Phi) is 5.54. The summed E-state index contributed by atoms with van der Waals surface area (Å²) in [6, 6.07) is 9.06. The number of benzene rings is 1. The molecule has 1 aromatic carbocycles. The van der Waals surface area contributed by atoms with E-state index in [1.165, 1.54) is 0 Å². The molecule has 7 heteroatoms. The van der Waals surface area contributed by atoms with Crippen LogP contribution in [0.25, 0.3) is 5.69 Å². The quantitative estimate of drug-likeness (QED) is 0.913. The Bertz CT molecular complexity index is 714. The van der Waals surface area contributed by atoms with E-state index in [0.717, 1.165) is 11.4 Å². The van der Waals surface area contributed by atoms with Crippen LogP contribution in [0, 0.1) is 6.92 Å². The second-order valence-electron chi connectivity index (χ2n) is 5.53. The van der Waals surface area contributed by atoms with Crippen LogP contribution in [0.15, 0.2) is 36.5 Å². The first-order valence-corrected chi connectivity index (χ1v) is 9.06. The monoisotopic (exact) mass is 334 g/mol. The minimum absolute atomic E-state index is 0.112. The van der Waals surface area contributed by atoms with E-state index in [4.69, 9.17) is 0 Å². The SMILES string of the molecule is Cc1ccnn1-c1ccccc1NC(=O)N(C)[C@H](C)C[S@@](C)=O. The molecule has 0 unspecified atom stereocenters. The van der Waals surface area contributed by atoms with E-state index in [0.29, 0.717) is 11.4 Å². The van der Waals surface area contributed by atoms with Crippen LogP contribution in [0.2, 0.25) is 0 Å². The Morgan fingerprint density at radius 2 is 2.09 bits per heavy atom. The number of nitrogens with zero attached hydrogens (tertiary/aromatic N) is 3. The van der Waals surface area contributed by atoms with Crippen molar-refractivity contribution in [2.75, 3.05) is 24.4 Å². The summed E-state index contributed by atoms with van der Waals surface area (Å²) in [4.78, 5) is 14.0. The molecule has 2 atom stereocenters. The summed E-state index contributed by atoms with van der Waals surface area (Å²) in [5, 5.41) is 7.19. The number of anilines is 1. The van der Waals surface area contributed by atoms with Crippen molar-refractivity contribution >= 4 is 22.5 Å². The van der Waals surface area contributed by atoms with E-state index >= 15 is 0 Å². The molecule has 6 nitrogen and oxygen atoms in total. The highest BCUT2D eigenvalue weighted by Gasteiger charge is 2.18.